The zero-order chi connectivity index (χ0) is 23.8. The summed E-state index contributed by atoms with van der Waals surface area (Å²) in [5.41, 5.74) is 2.13. The minimum atomic E-state index is -1.04. The van der Waals surface area contributed by atoms with Crippen molar-refractivity contribution in [1.82, 2.24) is 19.3 Å². The molecule has 33 heavy (non-hydrogen) atoms. The van der Waals surface area contributed by atoms with Crippen LogP contribution >= 0.6 is 8.58 Å². The number of benzene rings is 2. The van der Waals surface area contributed by atoms with Crippen LogP contribution in [0.2, 0.25) is 0 Å². The van der Waals surface area contributed by atoms with Gasteiger partial charge < -0.3 is 20.6 Å². The lowest BCUT2D eigenvalue weighted by Gasteiger charge is -2.12. The van der Waals surface area contributed by atoms with Crippen molar-refractivity contribution in [3.8, 4) is 28.5 Å². The van der Waals surface area contributed by atoms with Crippen LogP contribution in [0, 0.1) is 0 Å². The van der Waals surface area contributed by atoms with E-state index in [1.807, 2.05) is 24.4 Å². The average Bonchev–Trinajstić information content (AvgIpc) is 3.22. The molecule has 2 unspecified atom stereocenters. The fourth-order valence-electron chi connectivity index (χ4n) is 2.94. The number of nitrogens with one attached hydrogen (secondary N) is 2. The standard InChI is InChI=1S/C16H20N5O2PS.C6H6O2/c1-24-14-10-18-21-15(17-7-8-19-25(2)23)9-12(20-16(14)21)11-5-3-4-6-13(11)22;7-5-3-1-2-4-6(5)8/h3-6,9-10,17,19,22,24H,7-8H2,1-2H3;1-4,7-8H. The van der Waals surface area contributed by atoms with Gasteiger partial charge in [-0.25, -0.2) is 13.9 Å². The van der Waals surface area contributed by atoms with Gasteiger partial charge in [0.25, 0.3) is 0 Å². The fourth-order valence-corrected chi connectivity index (χ4v) is 3.90. The maximum Gasteiger partial charge on any atom is 0.165 e. The lowest BCUT2D eigenvalue weighted by atomic mass is 10.1. The van der Waals surface area contributed by atoms with E-state index in [1.165, 1.54) is 12.1 Å². The maximum atomic E-state index is 11.1. The number of anilines is 1. The molecule has 11 heteroatoms. The molecule has 0 radical (unpaired) electrons. The van der Waals surface area contributed by atoms with E-state index in [1.54, 1.807) is 35.0 Å². The average molecular weight is 488 g/mol. The monoisotopic (exact) mass is 487 g/mol. The number of phenolic OH excluding ortho intramolecular Hbond substituents is 3. The highest BCUT2D eigenvalue weighted by Crippen LogP contribution is 2.29. The summed E-state index contributed by atoms with van der Waals surface area (Å²) in [6.07, 6.45) is 3.42. The van der Waals surface area contributed by atoms with Crippen LogP contribution in [0.25, 0.3) is 16.9 Å². The molecule has 0 aliphatic heterocycles. The van der Waals surface area contributed by atoms with E-state index in [-0.39, 0.29) is 17.2 Å². The van der Waals surface area contributed by atoms with Gasteiger partial charge in [0, 0.05) is 36.3 Å². The van der Waals surface area contributed by atoms with Crippen molar-refractivity contribution < 1.29 is 19.5 Å². The first-order valence-electron chi connectivity index (χ1n) is 10.0. The van der Waals surface area contributed by atoms with E-state index in [2.05, 4.69) is 21.8 Å². The van der Waals surface area contributed by atoms with E-state index in [0.29, 0.717) is 32.9 Å². The second kappa shape index (κ2) is 11.6. The summed E-state index contributed by atoms with van der Waals surface area (Å²) in [6, 6.07) is 15.1. The lowest BCUT2D eigenvalue weighted by molar-refractivity contribution is 0.404. The predicted molar refractivity (Wildman–Crippen MR) is 134 cm³/mol. The first-order chi connectivity index (χ1) is 15.9. The van der Waals surface area contributed by atoms with Gasteiger partial charge in [-0.15, -0.1) is 0 Å². The summed E-state index contributed by atoms with van der Waals surface area (Å²) in [6.45, 7) is 3.23. The summed E-state index contributed by atoms with van der Waals surface area (Å²) in [5.74, 6) is 0.810. The molecule has 0 saturated carbocycles. The Hall–Kier alpha value is -3.20. The number of para-hydroxylation sites is 3. The van der Waals surface area contributed by atoms with Crippen LogP contribution in [0.5, 0.6) is 17.2 Å². The maximum absolute atomic E-state index is 11.1. The quantitative estimate of drug-likeness (QED) is 0.154. The molecular weight excluding hydrogens is 461 g/mol. The number of hydrogen-bond donors (Lipinski definition) is 5. The minimum Gasteiger partial charge on any atom is -0.507 e. The Kier molecular flexibility index (Phi) is 8.59. The van der Waals surface area contributed by atoms with Crippen molar-refractivity contribution in [2.24, 2.45) is 0 Å². The fraction of sp³-hybridized carbons (Fsp3) is 0.182. The lowest BCUT2D eigenvalue weighted by Crippen LogP contribution is -2.24. The number of rotatable bonds is 7. The molecular formula is C22H26N5O4PS. The Morgan fingerprint density at radius 3 is 2.21 bits per heavy atom. The highest BCUT2D eigenvalue weighted by molar-refractivity contribution is 7.82. The molecule has 174 valence electrons. The van der Waals surface area contributed by atoms with E-state index >= 15 is 0 Å². The highest BCUT2D eigenvalue weighted by atomic mass is 32.2. The summed E-state index contributed by atoms with van der Waals surface area (Å²) in [4.78, 5) is 4.70. The van der Waals surface area contributed by atoms with Crippen LogP contribution in [0.1, 0.15) is 0 Å². The third-order valence-electron chi connectivity index (χ3n) is 4.54. The molecule has 2 atom stereocenters. The largest absolute Gasteiger partial charge is 0.507 e. The van der Waals surface area contributed by atoms with Crippen LogP contribution in [0.15, 0.2) is 60.8 Å². The van der Waals surface area contributed by atoms with Crippen molar-refractivity contribution in [1.29, 1.82) is 0 Å². The first kappa shape index (κ1) is 24.4. The van der Waals surface area contributed by atoms with Crippen molar-refractivity contribution >= 4 is 36.3 Å². The summed E-state index contributed by atoms with van der Waals surface area (Å²) >= 11 is 0. The Morgan fingerprint density at radius 1 is 1.00 bits per heavy atom. The SMILES string of the molecule is CPc1cnn2c(NCCNS(C)=O)cc(-c3ccccc3O)nc12.Oc1ccccc1O. The molecule has 0 bridgehead atoms. The van der Waals surface area contributed by atoms with Gasteiger partial charge in [-0.3, -0.25) is 0 Å². The molecule has 4 rings (SSSR count). The zero-order valence-electron chi connectivity index (χ0n) is 18.2. The van der Waals surface area contributed by atoms with E-state index in [4.69, 9.17) is 15.2 Å². The zero-order valence-corrected chi connectivity index (χ0v) is 20.0. The van der Waals surface area contributed by atoms with Crippen LogP contribution in [0.4, 0.5) is 5.82 Å². The molecule has 9 nitrogen and oxygen atoms in total. The number of phenols is 3. The van der Waals surface area contributed by atoms with Crippen molar-refractivity contribution in [2.45, 2.75) is 0 Å². The molecule has 4 aromatic rings. The molecule has 0 aliphatic rings. The number of aromatic nitrogens is 3. The van der Waals surface area contributed by atoms with Crippen LogP contribution in [-0.4, -0.2) is 60.1 Å². The molecule has 2 aromatic carbocycles. The summed E-state index contributed by atoms with van der Waals surface area (Å²) in [5, 5.41) is 36.3. The van der Waals surface area contributed by atoms with Crippen molar-refractivity contribution in [3.05, 3.63) is 60.8 Å². The smallest absolute Gasteiger partial charge is 0.165 e. The molecule has 2 aromatic heterocycles. The van der Waals surface area contributed by atoms with Crippen LogP contribution in [-0.2, 0) is 11.0 Å². The van der Waals surface area contributed by atoms with Gasteiger partial charge in [0.1, 0.15) is 11.6 Å². The second-order valence-electron chi connectivity index (χ2n) is 6.85. The third kappa shape index (κ3) is 6.41. The number of hydrogen-bond acceptors (Lipinski definition) is 7. The normalized spacial score (nSPS) is 11.9. The van der Waals surface area contributed by atoms with Crippen LogP contribution in [0.3, 0.4) is 0 Å². The van der Waals surface area contributed by atoms with E-state index in [9.17, 15) is 9.32 Å². The Labute approximate surface area is 195 Å². The third-order valence-corrected chi connectivity index (χ3v) is 6.04. The summed E-state index contributed by atoms with van der Waals surface area (Å²) in [7, 11) is -0.476. The van der Waals surface area contributed by atoms with Crippen molar-refractivity contribution in [2.75, 3.05) is 31.3 Å². The van der Waals surface area contributed by atoms with E-state index in [0.717, 1.165) is 16.8 Å². The van der Waals surface area contributed by atoms with Gasteiger partial charge in [-0.05, 0) is 30.9 Å². The molecule has 0 aliphatic carbocycles. The molecule has 5 N–H and O–H groups in total. The highest BCUT2D eigenvalue weighted by Gasteiger charge is 2.13. The number of aromatic hydroxyl groups is 3. The Balaban J connectivity index is 0.000000323. The van der Waals surface area contributed by atoms with Gasteiger partial charge >= 0.3 is 0 Å². The van der Waals surface area contributed by atoms with Gasteiger partial charge in [-0.2, -0.15) is 9.61 Å². The Bertz CT molecular complexity index is 1230. The number of nitrogens with zero attached hydrogens (tertiary/aromatic N) is 3. The van der Waals surface area contributed by atoms with Gasteiger partial charge in [0.05, 0.1) is 22.9 Å². The van der Waals surface area contributed by atoms with Crippen molar-refractivity contribution in [3.63, 3.8) is 0 Å². The molecule has 0 fully saturated rings. The number of fused-ring (bicyclic) bond motifs is 1. The van der Waals surface area contributed by atoms with Gasteiger partial charge in [0.15, 0.2) is 17.1 Å². The summed E-state index contributed by atoms with van der Waals surface area (Å²) < 4.78 is 15.7. The molecule has 0 amide bonds. The molecule has 0 spiro atoms. The topological polar surface area (TPSA) is 132 Å². The van der Waals surface area contributed by atoms with Crippen LogP contribution < -0.4 is 15.3 Å². The second-order valence-corrected chi connectivity index (χ2v) is 9.09. The Morgan fingerprint density at radius 2 is 1.64 bits per heavy atom. The molecule has 2 heterocycles. The molecule has 0 saturated heterocycles. The van der Waals surface area contributed by atoms with Gasteiger partial charge in [0.2, 0.25) is 0 Å². The predicted octanol–water partition coefficient (Wildman–Crippen LogP) is 2.43. The van der Waals surface area contributed by atoms with E-state index < -0.39 is 11.0 Å². The van der Waals surface area contributed by atoms with Gasteiger partial charge in [-0.1, -0.05) is 32.8 Å². The minimum absolute atomic E-state index is 0.0764. The first-order valence-corrected chi connectivity index (χ1v) is 13.1.